The van der Waals surface area contributed by atoms with E-state index >= 15 is 0 Å². The summed E-state index contributed by atoms with van der Waals surface area (Å²) >= 11 is 0. The zero-order valence-corrected chi connectivity index (χ0v) is 12.5. The lowest BCUT2D eigenvalue weighted by Crippen LogP contribution is -2.38. The molecule has 1 aromatic carbocycles. The van der Waals surface area contributed by atoms with Crippen molar-refractivity contribution in [2.24, 2.45) is 0 Å². The molecule has 1 fully saturated rings. The first-order valence-corrected chi connectivity index (χ1v) is 7.45. The molecule has 0 unspecified atom stereocenters. The Morgan fingerprint density at radius 1 is 1.29 bits per heavy atom. The fourth-order valence-electron chi connectivity index (χ4n) is 3.09. The van der Waals surface area contributed by atoms with Gasteiger partial charge in [0.2, 0.25) is 0 Å². The Bertz CT molecular complexity index is 669. The van der Waals surface area contributed by atoms with Gasteiger partial charge in [-0.15, -0.1) is 0 Å². The highest BCUT2D eigenvalue weighted by atomic mass is 16.5. The Labute approximate surface area is 124 Å². The molecule has 0 N–H and O–H groups in total. The minimum Gasteiger partial charge on any atom is -0.465 e. The van der Waals surface area contributed by atoms with Gasteiger partial charge < -0.3 is 9.64 Å². The molecule has 21 heavy (non-hydrogen) atoms. The molecule has 1 atom stereocenters. The van der Waals surface area contributed by atoms with Crippen LogP contribution >= 0.6 is 0 Å². The van der Waals surface area contributed by atoms with Gasteiger partial charge in [-0.1, -0.05) is 24.3 Å². The largest absolute Gasteiger partial charge is 0.465 e. The first-order chi connectivity index (χ1) is 10.2. The number of hydrogen-bond donors (Lipinski definition) is 0. The summed E-state index contributed by atoms with van der Waals surface area (Å²) in [4.78, 5) is 18.8. The molecule has 1 aliphatic rings. The Balaban J connectivity index is 2.14. The number of benzene rings is 1. The molecule has 0 radical (unpaired) electrons. The summed E-state index contributed by atoms with van der Waals surface area (Å²) in [6.07, 6.45) is 5.30. The number of aromatic nitrogens is 1. The van der Waals surface area contributed by atoms with E-state index in [-0.39, 0.29) is 5.97 Å². The average molecular weight is 284 g/mol. The van der Waals surface area contributed by atoms with Gasteiger partial charge in [0.25, 0.3) is 0 Å². The maximum atomic E-state index is 11.9. The van der Waals surface area contributed by atoms with Crippen molar-refractivity contribution in [2.75, 3.05) is 18.6 Å². The summed E-state index contributed by atoms with van der Waals surface area (Å²) in [5.74, 6) is 0.641. The van der Waals surface area contributed by atoms with E-state index in [4.69, 9.17) is 4.74 Å². The SMILES string of the molecule is COC(=O)c1cnc(N2CCCC[C@@H]2C)c2ccccc12. The monoisotopic (exact) mass is 284 g/mol. The quantitative estimate of drug-likeness (QED) is 0.793. The molecule has 2 heterocycles. The van der Waals surface area contributed by atoms with Crippen LogP contribution in [0.5, 0.6) is 0 Å². The van der Waals surface area contributed by atoms with Crippen molar-refractivity contribution >= 4 is 22.6 Å². The summed E-state index contributed by atoms with van der Waals surface area (Å²) < 4.78 is 4.86. The summed E-state index contributed by atoms with van der Waals surface area (Å²) in [6, 6.07) is 8.41. The van der Waals surface area contributed by atoms with Crippen LogP contribution in [0, 0.1) is 0 Å². The van der Waals surface area contributed by atoms with Gasteiger partial charge in [0, 0.05) is 29.6 Å². The molecule has 110 valence electrons. The molecule has 0 bridgehead atoms. The molecule has 1 saturated heterocycles. The molecule has 2 aromatic rings. The molecule has 0 amide bonds. The second-order valence-electron chi connectivity index (χ2n) is 5.57. The number of esters is 1. The summed E-state index contributed by atoms with van der Waals surface area (Å²) in [5, 5.41) is 1.93. The van der Waals surface area contributed by atoms with E-state index in [0.29, 0.717) is 11.6 Å². The summed E-state index contributed by atoms with van der Waals surface area (Å²) in [6.45, 7) is 3.26. The average Bonchev–Trinajstić information content (AvgIpc) is 2.54. The molecule has 4 heteroatoms. The van der Waals surface area contributed by atoms with Gasteiger partial charge in [-0.05, 0) is 26.2 Å². The molecular weight excluding hydrogens is 264 g/mol. The number of rotatable bonds is 2. The minimum absolute atomic E-state index is 0.336. The van der Waals surface area contributed by atoms with Crippen molar-refractivity contribution in [3.63, 3.8) is 0 Å². The van der Waals surface area contributed by atoms with Crippen molar-refractivity contribution in [1.29, 1.82) is 0 Å². The van der Waals surface area contributed by atoms with Crippen LogP contribution in [-0.4, -0.2) is 30.6 Å². The third-order valence-corrected chi connectivity index (χ3v) is 4.25. The zero-order chi connectivity index (χ0) is 14.8. The first kappa shape index (κ1) is 13.9. The number of anilines is 1. The van der Waals surface area contributed by atoms with Crippen LogP contribution in [0.25, 0.3) is 10.8 Å². The highest BCUT2D eigenvalue weighted by Crippen LogP contribution is 2.31. The second-order valence-corrected chi connectivity index (χ2v) is 5.57. The van der Waals surface area contributed by atoms with Crippen molar-refractivity contribution < 1.29 is 9.53 Å². The standard InChI is InChI=1S/C17H20N2O2/c1-12-7-5-6-10-19(12)16-14-9-4-3-8-13(14)15(11-18-16)17(20)21-2/h3-4,8-9,11-12H,5-7,10H2,1-2H3/t12-/m0/s1. The number of carbonyl (C=O) groups excluding carboxylic acids is 1. The van der Waals surface area contributed by atoms with E-state index in [1.807, 2.05) is 24.3 Å². The molecule has 0 saturated carbocycles. The Kier molecular flexibility index (Phi) is 3.78. The lowest BCUT2D eigenvalue weighted by atomic mass is 10.0. The normalized spacial score (nSPS) is 18.8. The number of ether oxygens (including phenoxy) is 1. The third kappa shape index (κ3) is 2.46. The minimum atomic E-state index is -0.336. The molecule has 1 aliphatic heterocycles. The fourth-order valence-corrected chi connectivity index (χ4v) is 3.09. The smallest absolute Gasteiger partial charge is 0.340 e. The van der Waals surface area contributed by atoms with E-state index in [9.17, 15) is 4.79 Å². The first-order valence-electron chi connectivity index (χ1n) is 7.45. The van der Waals surface area contributed by atoms with Gasteiger partial charge in [-0.2, -0.15) is 0 Å². The van der Waals surface area contributed by atoms with E-state index in [0.717, 1.165) is 23.1 Å². The van der Waals surface area contributed by atoms with Crippen molar-refractivity contribution in [1.82, 2.24) is 4.98 Å². The van der Waals surface area contributed by atoms with Gasteiger partial charge in [-0.25, -0.2) is 9.78 Å². The van der Waals surface area contributed by atoms with Crippen molar-refractivity contribution in [3.8, 4) is 0 Å². The van der Waals surface area contributed by atoms with E-state index in [1.165, 1.54) is 26.4 Å². The molecular formula is C17H20N2O2. The molecule has 3 rings (SSSR count). The number of pyridine rings is 1. The lowest BCUT2D eigenvalue weighted by Gasteiger charge is -2.35. The zero-order valence-electron chi connectivity index (χ0n) is 12.5. The topological polar surface area (TPSA) is 42.4 Å². The maximum absolute atomic E-state index is 11.9. The number of methoxy groups -OCH3 is 1. The van der Waals surface area contributed by atoms with Crippen LogP contribution in [0.4, 0.5) is 5.82 Å². The van der Waals surface area contributed by atoms with Gasteiger partial charge in [0.15, 0.2) is 0 Å². The molecule has 0 spiro atoms. The molecule has 0 aliphatic carbocycles. The Morgan fingerprint density at radius 3 is 2.76 bits per heavy atom. The number of fused-ring (bicyclic) bond motifs is 1. The van der Waals surface area contributed by atoms with Crippen LogP contribution in [0.1, 0.15) is 36.5 Å². The predicted molar refractivity (Wildman–Crippen MR) is 83.7 cm³/mol. The van der Waals surface area contributed by atoms with Gasteiger partial charge >= 0.3 is 5.97 Å². The number of piperidine rings is 1. The van der Waals surface area contributed by atoms with Crippen molar-refractivity contribution in [3.05, 3.63) is 36.0 Å². The van der Waals surface area contributed by atoms with Crippen LogP contribution in [0.15, 0.2) is 30.5 Å². The number of hydrogen-bond acceptors (Lipinski definition) is 4. The van der Waals surface area contributed by atoms with Crippen LogP contribution in [0.3, 0.4) is 0 Å². The van der Waals surface area contributed by atoms with E-state index in [2.05, 4.69) is 16.8 Å². The summed E-state index contributed by atoms with van der Waals surface area (Å²) in [5.41, 5.74) is 0.529. The van der Waals surface area contributed by atoms with Gasteiger partial charge in [0.05, 0.1) is 12.7 Å². The molecule has 4 nitrogen and oxygen atoms in total. The highest BCUT2D eigenvalue weighted by Gasteiger charge is 2.23. The fraction of sp³-hybridized carbons (Fsp3) is 0.412. The third-order valence-electron chi connectivity index (χ3n) is 4.25. The molecule has 1 aromatic heterocycles. The highest BCUT2D eigenvalue weighted by molar-refractivity contribution is 6.07. The van der Waals surface area contributed by atoms with Crippen LogP contribution < -0.4 is 4.90 Å². The van der Waals surface area contributed by atoms with E-state index < -0.39 is 0 Å². The number of nitrogens with zero attached hydrogens (tertiary/aromatic N) is 2. The Hall–Kier alpha value is -2.10. The number of carbonyl (C=O) groups is 1. The van der Waals surface area contributed by atoms with E-state index in [1.54, 1.807) is 6.20 Å². The van der Waals surface area contributed by atoms with Crippen molar-refractivity contribution in [2.45, 2.75) is 32.2 Å². The van der Waals surface area contributed by atoms with Crippen LogP contribution in [0.2, 0.25) is 0 Å². The maximum Gasteiger partial charge on any atom is 0.340 e. The lowest BCUT2D eigenvalue weighted by molar-refractivity contribution is 0.0602. The van der Waals surface area contributed by atoms with Crippen LogP contribution in [-0.2, 0) is 4.74 Å². The summed E-state index contributed by atoms with van der Waals surface area (Å²) in [7, 11) is 1.40. The predicted octanol–water partition coefficient (Wildman–Crippen LogP) is 3.40. The van der Waals surface area contributed by atoms with Gasteiger partial charge in [-0.3, -0.25) is 0 Å². The van der Waals surface area contributed by atoms with Gasteiger partial charge in [0.1, 0.15) is 5.82 Å². The Morgan fingerprint density at radius 2 is 2.05 bits per heavy atom. The second kappa shape index (κ2) is 5.72.